The monoisotopic (exact) mass is 277 g/mol. The molecule has 0 saturated heterocycles. The number of rotatable bonds is 6. The number of hydrogen-bond donors (Lipinski definition) is 2. The minimum Gasteiger partial charge on any atom is -0.494 e. The van der Waals surface area contributed by atoms with E-state index in [9.17, 15) is 4.79 Å². The number of carboxylic acid groups (broad SMARTS) is 1. The molecule has 110 valence electrons. The number of fused-ring (bicyclic) bond motifs is 1. The lowest BCUT2D eigenvalue weighted by Crippen LogP contribution is -2.44. The number of carboxylic acids is 1. The van der Waals surface area contributed by atoms with E-state index in [-0.39, 0.29) is 0 Å². The third-order valence-electron chi connectivity index (χ3n) is 3.92. The third kappa shape index (κ3) is 3.73. The standard InChI is InChI=1S/C16H23NO3/c1-16(17,15(18)19)9-4-10-20-14-8-7-12-5-2-3-6-13(12)11-14/h7-8,11H,2-6,9-10,17H2,1H3,(H,18,19). The molecule has 0 fully saturated rings. The summed E-state index contributed by atoms with van der Waals surface area (Å²) < 4.78 is 5.70. The molecule has 0 bridgehead atoms. The molecule has 2 rings (SSSR count). The van der Waals surface area contributed by atoms with Crippen molar-refractivity contribution in [3.63, 3.8) is 0 Å². The maximum Gasteiger partial charge on any atom is 0.323 e. The van der Waals surface area contributed by atoms with Crippen LogP contribution in [0.25, 0.3) is 0 Å². The fourth-order valence-electron chi connectivity index (χ4n) is 2.54. The first kappa shape index (κ1) is 14.9. The quantitative estimate of drug-likeness (QED) is 0.784. The minimum absolute atomic E-state index is 0.410. The maximum atomic E-state index is 10.9. The lowest BCUT2D eigenvalue weighted by molar-refractivity contribution is -0.142. The summed E-state index contributed by atoms with van der Waals surface area (Å²) in [6.45, 7) is 2.03. The molecule has 0 spiro atoms. The molecule has 0 amide bonds. The number of carbonyl (C=O) groups is 1. The van der Waals surface area contributed by atoms with E-state index in [4.69, 9.17) is 15.6 Å². The number of hydrogen-bond acceptors (Lipinski definition) is 3. The fraction of sp³-hybridized carbons (Fsp3) is 0.562. The molecule has 1 aromatic rings. The molecule has 0 radical (unpaired) electrons. The molecule has 4 nitrogen and oxygen atoms in total. The SMILES string of the molecule is CC(N)(CCCOc1ccc2c(c1)CCCC2)C(=O)O. The molecular formula is C16H23NO3. The van der Waals surface area contributed by atoms with Crippen LogP contribution in [0.3, 0.4) is 0 Å². The molecule has 4 heteroatoms. The highest BCUT2D eigenvalue weighted by Crippen LogP contribution is 2.25. The highest BCUT2D eigenvalue weighted by molar-refractivity contribution is 5.77. The minimum atomic E-state index is -1.17. The molecule has 3 N–H and O–H groups in total. The summed E-state index contributed by atoms with van der Waals surface area (Å²) in [6, 6.07) is 6.27. The van der Waals surface area contributed by atoms with Crippen molar-refractivity contribution >= 4 is 5.97 Å². The average Bonchev–Trinajstić information content (AvgIpc) is 2.43. The Hall–Kier alpha value is -1.55. The maximum absolute atomic E-state index is 10.9. The fourth-order valence-corrected chi connectivity index (χ4v) is 2.54. The van der Waals surface area contributed by atoms with E-state index < -0.39 is 11.5 Å². The summed E-state index contributed by atoms with van der Waals surface area (Å²) in [5, 5.41) is 8.92. The molecule has 0 aliphatic heterocycles. The predicted octanol–water partition coefficient (Wildman–Crippen LogP) is 2.53. The lowest BCUT2D eigenvalue weighted by atomic mass is 9.92. The molecule has 0 aromatic heterocycles. The first-order chi connectivity index (χ1) is 9.49. The van der Waals surface area contributed by atoms with Crippen molar-refractivity contribution in [1.82, 2.24) is 0 Å². The normalized spacial score (nSPS) is 17.1. The molecule has 1 unspecified atom stereocenters. The summed E-state index contributed by atoms with van der Waals surface area (Å²) in [4.78, 5) is 10.9. The molecule has 0 saturated carbocycles. The van der Waals surface area contributed by atoms with Crippen LogP contribution in [0.4, 0.5) is 0 Å². The van der Waals surface area contributed by atoms with Gasteiger partial charge in [-0.25, -0.2) is 0 Å². The number of ether oxygens (including phenoxy) is 1. The van der Waals surface area contributed by atoms with Gasteiger partial charge in [-0.15, -0.1) is 0 Å². The van der Waals surface area contributed by atoms with Gasteiger partial charge in [0, 0.05) is 0 Å². The molecule has 1 atom stereocenters. The largest absolute Gasteiger partial charge is 0.494 e. The smallest absolute Gasteiger partial charge is 0.323 e. The van der Waals surface area contributed by atoms with Crippen LogP contribution in [0.1, 0.15) is 43.7 Å². The van der Waals surface area contributed by atoms with E-state index in [2.05, 4.69) is 12.1 Å². The van der Waals surface area contributed by atoms with Gasteiger partial charge in [-0.3, -0.25) is 4.79 Å². The number of benzene rings is 1. The van der Waals surface area contributed by atoms with Gasteiger partial charge < -0.3 is 15.6 Å². The van der Waals surface area contributed by atoms with Gasteiger partial charge >= 0.3 is 5.97 Å². The third-order valence-corrected chi connectivity index (χ3v) is 3.92. The van der Waals surface area contributed by atoms with Gasteiger partial charge in [0.15, 0.2) is 0 Å². The number of aryl methyl sites for hydroxylation is 2. The highest BCUT2D eigenvalue weighted by atomic mass is 16.5. The summed E-state index contributed by atoms with van der Waals surface area (Å²) in [7, 11) is 0. The Bertz CT molecular complexity index is 483. The van der Waals surface area contributed by atoms with Gasteiger partial charge in [0.1, 0.15) is 11.3 Å². The Morgan fingerprint density at radius 3 is 2.75 bits per heavy atom. The average molecular weight is 277 g/mol. The van der Waals surface area contributed by atoms with Crippen LogP contribution in [0, 0.1) is 0 Å². The Kier molecular flexibility index (Phi) is 4.65. The van der Waals surface area contributed by atoms with Gasteiger partial charge in [-0.2, -0.15) is 0 Å². The molecular weight excluding hydrogens is 254 g/mol. The first-order valence-electron chi connectivity index (χ1n) is 7.26. The summed E-state index contributed by atoms with van der Waals surface area (Å²) in [6.07, 6.45) is 5.87. The van der Waals surface area contributed by atoms with Gasteiger partial charge in [0.25, 0.3) is 0 Å². The van der Waals surface area contributed by atoms with E-state index in [0.29, 0.717) is 19.4 Å². The van der Waals surface area contributed by atoms with Gasteiger partial charge in [0.05, 0.1) is 6.61 Å². The second-order valence-electron chi connectivity index (χ2n) is 5.81. The Morgan fingerprint density at radius 2 is 2.05 bits per heavy atom. The summed E-state index contributed by atoms with van der Waals surface area (Å²) in [5.41, 5.74) is 7.33. The lowest BCUT2D eigenvalue weighted by Gasteiger charge is -2.19. The van der Waals surface area contributed by atoms with Crippen LogP contribution < -0.4 is 10.5 Å². The van der Waals surface area contributed by atoms with Crippen molar-refractivity contribution in [2.24, 2.45) is 5.73 Å². The molecule has 1 aliphatic carbocycles. The van der Waals surface area contributed by atoms with Crippen LogP contribution in [0.2, 0.25) is 0 Å². The van der Waals surface area contributed by atoms with Crippen LogP contribution in [0.15, 0.2) is 18.2 Å². The van der Waals surface area contributed by atoms with Gasteiger partial charge in [-0.05, 0) is 68.7 Å². The Morgan fingerprint density at radius 1 is 1.35 bits per heavy atom. The van der Waals surface area contributed by atoms with Gasteiger partial charge in [-0.1, -0.05) is 6.07 Å². The molecule has 1 aliphatic rings. The zero-order chi connectivity index (χ0) is 14.6. The second-order valence-corrected chi connectivity index (χ2v) is 5.81. The topological polar surface area (TPSA) is 72.5 Å². The first-order valence-corrected chi connectivity index (χ1v) is 7.26. The molecule has 1 aromatic carbocycles. The van der Waals surface area contributed by atoms with Crippen molar-refractivity contribution < 1.29 is 14.6 Å². The van der Waals surface area contributed by atoms with E-state index in [1.807, 2.05) is 6.07 Å². The zero-order valence-electron chi connectivity index (χ0n) is 12.0. The van der Waals surface area contributed by atoms with E-state index in [1.165, 1.54) is 37.3 Å². The second kappa shape index (κ2) is 6.27. The van der Waals surface area contributed by atoms with Gasteiger partial charge in [0.2, 0.25) is 0 Å². The van der Waals surface area contributed by atoms with Crippen molar-refractivity contribution in [2.75, 3.05) is 6.61 Å². The summed E-state index contributed by atoms with van der Waals surface area (Å²) >= 11 is 0. The molecule has 20 heavy (non-hydrogen) atoms. The molecule has 0 heterocycles. The van der Waals surface area contributed by atoms with Crippen LogP contribution in [-0.2, 0) is 17.6 Å². The number of nitrogens with two attached hydrogens (primary N) is 1. The van der Waals surface area contributed by atoms with E-state index in [1.54, 1.807) is 0 Å². The highest BCUT2D eigenvalue weighted by Gasteiger charge is 2.26. The predicted molar refractivity (Wildman–Crippen MR) is 78.0 cm³/mol. The summed E-state index contributed by atoms with van der Waals surface area (Å²) in [5.74, 6) is -0.0917. The van der Waals surface area contributed by atoms with Crippen LogP contribution >= 0.6 is 0 Å². The van der Waals surface area contributed by atoms with Crippen LogP contribution in [0.5, 0.6) is 5.75 Å². The Labute approximate surface area is 119 Å². The van der Waals surface area contributed by atoms with Crippen LogP contribution in [-0.4, -0.2) is 23.2 Å². The van der Waals surface area contributed by atoms with Crippen molar-refractivity contribution in [2.45, 2.75) is 51.0 Å². The van der Waals surface area contributed by atoms with Crippen molar-refractivity contribution in [3.8, 4) is 5.75 Å². The zero-order valence-corrected chi connectivity index (χ0v) is 12.0. The number of aliphatic carboxylic acids is 1. The van der Waals surface area contributed by atoms with Crippen molar-refractivity contribution in [3.05, 3.63) is 29.3 Å². The van der Waals surface area contributed by atoms with E-state index in [0.717, 1.165) is 12.2 Å². The van der Waals surface area contributed by atoms with Crippen molar-refractivity contribution in [1.29, 1.82) is 0 Å². The van der Waals surface area contributed by atoms with E-state index >= 15 is 0 Å². The Balaban J connectivity index is 1.81.